The zero-order valence-corrected chi connectivity index (χ0v) is 15.5. The van der Waals surface area contributed by atoms with Crippen LogP contribution in [-0.4, -0.2) is 0 Å². The highest BCUT2D eigenvalue weighted by atomic mass is 14.1. The maximum Gasteiger partial charge on any atom is -0.0231 e. The summed E-state index contributed by atoms with van der Waals surface area (Å²) < 4.78 is 0. The Morgan fingerprint density at radius 3 is 2.00 bits per heavy atom. The Hall–Kier alpha value is -1.04. The van der Waals surface area contributed by atoms with Crippen LogP contribution in [-0.2, 0) is 0 Å². The molecule has 0 N–H and O–H groups in total. The first-order chi connectivity index (χ1) is 10.1. The van der Waals surface area contributed by atoms with E-state index in [0.717, 1.165) is 12.8 Å². The minimum Gasteiger partial charge on any atom is -0.0952 e. The van der Waals surface area contributed by atoms with Gasteiger partial charge in [-0.3, -0.25) is 0 Å². The summed E-state index contributed by atoms with van der Waals surface area (Å²) in [5.74, 6) is 0. The molecular weight excluding hydrogens is 252 g/mol. The van der Waals surface area contributed by atoms with Crippen LogP contribution in [0.1, 0.15) is 86.5 Å². The van der Waals surface area contributed by atoms with E-state index in [0.29, 0.717) is 0 Å². The SMILES string of the molecule is C=C(CCCCC)C(/C=C(/C)CC)=C/C=C\C.CCCC. The van der Waals surface area contributed by atoms with Crippen molar-refractivity contribution in [3.8, 4) is 0 Å². The van der Waals surface area contributed by atoms with E-state index in [1.807, 2.05) is 6.92 Å². The summed E-state index contributed by atoms with van der Waals surface area (Å²) in [7, 11) is 0. The van der Waals surface area contributed by atoms with Gasteiger partial charge in [0.05, 0.1) is 0 Å². The molecule has 0 rings (SSSR count). The third-order valence-electron chi connectivity index (χ3n) is 3.42. The molecule has 0 spiro atoms. The van der Waals surface area contributed by atoms with Crippen molar-refractivity contribution in [2.24, 2.45) is 0 Å². The lowest BCUT2D eigenvalue weighted by Crippen LogP contribution is -1.88. The number of hydrogen-bond acceptors (Lipinski definition) is 0. The van der Waals surface area contributed by atoms with Crippen molar-refractivity contribution in [2.45, 2.75) is 86.5 Å². The van der Waals surface area contributed by atoms with Crippen LogP contribution in [0, 0.1) is 0 Å². The average molecular weight is 291 g/mol. The van der Waals surface area contributed by atoms with Gasteiger partial charge in [0.25, 0.3) is 0 Å². The van der Waals surface area contributed by atoms with E-state index in [1.54, 1.807) is 0 Å². The van der Waals surface area contributed by atoms with Crippen LogP contribution in [0.3, 0.4) is 0 Å². The van der Waals surface area contributed by atoms with Crippen LogP contribution in [0.2, 0.25) is 0 Å². The number of unbranched alkanes of at least 4 members (excludes halogenated alkanes) is 3. The van der Waals surface area contributed by atoms with Gasteiger partial charge >= 0.3 is 0 Å². The summed E-state index contributed by atoms with van der Waals surface area (Å²) in [5.41, 5.74) is 3.97. The molecule has 0 amide bonds. The maximum atomic E-state index is 4.22. The molecule has 0 heterocycles. The summed E-state index contributed by atoms with van der Waals surface area (Å²) in [6.45, 7) is 17.2. The molecule has 0 aliphatic heterocycles. The standard InChI is InChI=1S/C17H28.C4H10/c1-6-9-11-12-16(5)17(13-10-7-2)14-15(4)8-3;1-3-4-2/h7,10,13-14H,5-6,8-9,11-12H2,1-4H3;3-4H2,1-2H3/b10-7-,15-14-,17-13+;. The molecule has 0 saturated heterocycles. The van der Waals surface area contributed by atoms with E-state index in [1.165, 1.54) is 48.8 Å². The summed E-state index contributed by atoms with van der Waals surface area (Å²) in [6, 6.07) is 0. The van der Waals surface area contributed by atoms with Crippen molar-refractivity contribution in [1.29, 1.82) is 0 Å². The Kier molecular flexibility index (Phi) is 18.0. The fourth-order valence-electron chi connectivity index (χ4n) is 1.57. The Bertz CT molecular complexity index is 324. The summed E-state index contributed by atoms with van der Waals surface area (Å²) in [4.78, 5) is 0. The fourth-order valence-corrected chi connectivity index (χ4v) is 1.57. The monoisotopic (exact) mass is 290 g/mol. The molecular formula is C21H38. The van der Waals surface area contributed by atoms with Crippen molar-refractivity contribution < 1.29 is 0 Å². The lowest BCUT2D eigenvalue weighted by atomic mass is 9.98. The van der Waals surface area contributed by atoms with Crippen LogP contribution < -0.4 is 0 Å². The number of allylic oxidation sites excluding steroid dienone is 7. The topological polar surface area (TPSA) is 0 Å². The van der Waals surface area contributed by atoms with Crippen molar-refractivity contribution in [1.82, 2.24) is 0 Å². The summed E-state index contributed by atoms with van der Waals surface area (Å²) >= 11 is 0. The molecule has 0 aromatic rings. The molecule has 0 aliphatic rings. The molecule has 0 bridgehead atoms. The van der Waals surface area contributed by atoms with Crippen molar-refractivity contribution in [3.05, 3.63) is 47.6 Å². The molecule has 0 radical (unpaired) electrons. The molecule has 0 aromatic heterocycles. The molecule has 0 aliphatic carbocycles. The van der Waals surface area contributed by atoms with Gasteiger partial charge in [0.15, 0.2) is 0 Å². The molecule has 0 fully saturated rings. The van der Waals surface area contributed by atoms with Gasteiger partial charge in [-0.1, -0.05) is 89.8 Å². The predicted molar refractivity (Wildman–Crippen MR) is 101 cm³/mol. The zero-order chi connectivity index (χ0) is 16.5. The Morgan fingerprint density at radius 1 is 0.952 bits per heavy atom. The number of hydrogen-bond donors (Lipinski definition) is 0. The van der Waals surface area contributed by atoms with E-state index < -0.39 is 0 Å². The molecule has 0 saturated carbocycles. The molecule has 122 valence electrons. The second-order valence-electron chi connectivity index (χ2n) is 5.55. The second kappa shape index (κ2) is 17.0. The Labute approximate surface area is 134 Å². The Balaban J connectivity index is 0. The Morgan fingerprint density at radius 2 is 1.57 bits per heavy atom. The molecule has 0 nitrogen and oxygen atoms in total. The third-order valence-corrected chi connectivity index (χ3v) is 3.42. The van der Waals surface area contributed by atoms with Crippen LogP contribution in [0.4, 0.5) is 0 Å². The van der Waals surface area contributed by atoms with Crippen LogP contribution in [0.15, 0.2) is 47.6 Å². The highest BCUT2D eigenvalue weighted by Crippen LogP contribution is 2.19. The fraction of sp³-hybridized carbons (Fsp3) is 0.619. The smallest absolute Gasteiger partial charge is 0.0231 e. The van der Waals surface area contributed by atoms with Crippen LogP contribution >= 0.6 is 0 Å². The van der Waals surface area contributed by atoms with Crippen molar-refractivity contribution in [3.63, 3.8) is 0 Å². The van der Waals surface area contributed by atoms with Gasteiger partial charge in [-0.25, -0.2) is 0 Å². The lowest BCUT2D eigenvalue weighted by Gasteiger charge is -2.07. The van der Waals surface area contributed by atoms with Crippen molar-refractivity contribution >= 4 is 0 Å². The molecule has 0 heteroatoms. The van der Waals surface area contributed by atoms with Gasteiger partial charge in [0.1, 0.15) is 0 Å². The van der Waals surface area contributed by atoms with Gasteiger partial charge in [0.2, 0.25) is 0 Å². The quantitative estimate of drug-likeness (QED) is 0.300. The van der Waals surface area contributed by atoms with Crippen LogP contribution in [0.5, 0.6) is 0 Å². The molecule has 0 aromatic carbocycles. The third kappa shape index (κ3) is 15.2. The van der Waals surface area contributed by atoms with Gasteiger partial charge in [-0.05, 0) is 44.3 Å². The van der Waals surface area contributed by atoms with Crippen LogP contribution in [0.25, 0.3) is 0 Å². The highest BCUT2D eigenvalue weighted by Gasteiger charge is 2.00. The first-order valence-electron chi connectivity index (χ1n) is 8.75. The van der Waals surface area contributed by atoms with E-state index in [9.17, 15) is 0 Å². The van der Waals surface area contributed by atoms with Gasteiger partial charge < -0.3 is 0 Å². The van der Waals surface area contributed by atoms with Gasteiger partial charge in [-0.2, -0.15) is 0 Å². The van der Waals surface area contributed by atoms with Crippen molar-refractivity contribution in [2.75, 3.05) is 0 Å². The summed E-state index contributed by atoms with van der Waals surface area (Å²) in [6.07, 6.45) is 17.3. The van der Waals surface area contributed by atoms with Gasteiger partial charge in [0, 0.05) is 0 Å². The molecule has 0 unspecified atom stereocenters. The van der Waals surface area contributed by atoms with Gasteiger partial charge in [-0.15, -0.1) is 0 Å². The molecule has 21 heavy (non-hydrogen) atoms. The second-order valence-corrected chi connectivity index (χ2v) is 5.55. The largest absolute Gasteiger partial charge is 0.0952 e. The van der Waals surface area contributed by atoms with E-state index in [2.05, 4.69) is 65.5 Å². The lowest BCUT2D eigenvalue weighted by molar-refractivity contribution is 0.718. The first kappa shape index (κ1) is 22.2. The van der Waals surface area contributed by atoms with E-state index in [4.69, 9.17) is 0 Å². The molecule has 0 atom stereocenters. The normalized spacial score (nSPS) is 12.3. The highest BCUT2D eigenvalue weighted by molar-refractivity contribution is 5.41. The zero-order valence-electron chi connectivity index (χ0n) is 15.5. The number of rotatable bonds is 9. The predicted octanol–water partition coefficient (Wildman–Crippen LogP) is 7.79. The first-order valence-corrected chi connectivity index (χ1v) is 8.75. The average Bonchev–Trinajstić information content (AvgIpc) is 2.51. The van der Waals surface area contributed by atoms with E-state index in [-0.39, 0.29) is 0 Å². The minimum absolute atomic E-state index is 1.11. The van der Waals surface area contributed by atoms with E-state index >= 15 is 0 Å². The maximum absolute atomic E-state index is 4.22. The minimum atomic E-state index is 1.11. The summed E-state index contributed by atoms with van der Waals surface area (Å²) in [5, 5.41) is 0.